The van der Waals surface area contributed by atoms with Gasteiger partial charge in [-0.05, 0) is 24.5 Å². The lowest BCUT2D eigenvalue weighted by Crippen LogP contribution is -2.17. The molecule has 114 valence electrons. The topological polar surface area (TPSA) is 39.1 Å². The van der Waals surface area contributed by atoms with E-state index in [1.54, 1.807) is 0 Å². The summed E-state index contributed by atoms with van der Waals surface area (Å²) in [5.41, 5.74) is 2.54. The van der Waals surface area contributed by atoms with Gasteiger partial charge in [0, 0.05) is 32.1 Å². The molecule has 1 aromatic carbocycles. The standard InChI is InChI=1S/C17H25N3O/c1-3-10-20-11-9-19-17(20)13-18-12-15-7-5-6-8-16(15)14-21-4-2/h5-9,11,18H,3-4,10,12-14H2,1-2H3. The highest BCUT2D eigenvalue weighted by Gasteiger charge is 2.04. The highest BCUT2D eigenvalue weighted by molar-refractivity contribution is 5.26. The number of nitrogens with one attached hydrogen (secondary N) is 1. The van der Waals surface area contributed by atoms with E-state index in [1.807, 2.05) is 19.3 Å². The smallest absolute Gasteiger partial charge is 0.122 e. The fraction of sp³-hybridized carbons (Fsp3) is 0.471. The molecule has 2 rings (SSSR count). The van der Waals surface area contributed by atoms with Crippen LogP contribution in [0.3, 0.4) is 0 Å². The van der Waals surface area contributed by atoms with E-state index in [9.17, 15) is 0 Å². The number of aryl methyl sites for hydroxylation is 1. The van der Waals surface area contributed by atoms with Crippen molar-refractivity contribution in [1.82, 2.24) is 14.9 Å². The zero-order chi connectivity index (χ0) is 14.9. The van der Waals surface area contributed by atoms with Gasteiger partial charge in [-0.15, -0.1) is 0 Å². The van der Waals surface area contributed by atoms with Crippen molar-refractivity contribution in [3.05, 3.63) is 53.6 Å². The molecule has 0 saturated heterocycles. The van der Waals surface area contributed by atoms with Gasteiger partial charge in [0.2, 0.25) is 0 Å². The van der Waals surface area contributed by atoms with Crippen LogP contribution in [-0.2, 0) is 31.0 Å². The van der Waals surface area contributed by atoms with E-state index < -0.39 is 0 Å². The molecule has 1 aromatic heterocycles. The number of nitrogens with zero attached hydrogens (tertiary/aromatic N) is 2. The number of hydrogen-bond acceptors (Lipinski definition) is 3. The summed E-state index contributed by atoms with van der Waals surface area (Å²) >= 11 is 0. The maximum atomic E-state index is 5.52. The summed E-state index contributed by atoms with van der Waals surface area (Å²) in [6.45, 7) is 8.28. The van der Waals surface area contributed by atoms with E-state index in [0.29, 0.717) is 6.61 Å². The SMILES string of the molecule is CCCn1ccnc1CNCc1ccccc1COCC. The molecule has 4 nitrogen and oxygen atoms in total. The lowest BCUT2D eigenvalue weighted by molar-refractivity contribution is 0.133. The fourth-order valence-electron chi connectivity index (χ4n) is 2.34. The Balaban J connectivity index is 1.89. The van der Waals surface area contributed by atoms with Gasteiger partial charge < -0.3 is 14.6 Å². The summed E-state index contributed by atoms with van der Waals surface area (Å²) in [6.07, 6.45) is 5.04. The van der Waals surface area contributed by atoms with Gasteiger partial charge in [-0.3, -0.25) is 0 Å². The molecule has 0 atom stereocenters. The Kier molecular flexibility index (Phi) is 6.44. The van der Waals surface area contributed by atoms with Crippen molar-refractivity contribution in [2.45, 2.75) is 46.5 Å². The molecule has 4 heteroatoms. The normalized spacial score (nSPS) is 11.0. The number of hydrogen-bond donors (Lipinski definition) is 1. The van der Waals surface area contributed by atoms with Crippen LogP contribution in [0, 0.1) is 0 Å². The Labute approximate surface area is 127 Å². The second kappa shape index (κ2) is 8.60. The van der Waals surface area contributed by atoms with Crippen LogP contribution in [0.15, 0.2) is 36.7 Å². The van der Waals surface area contributed by atoms with E-state index >= 15 is 0 Å². The molecule has 0 unspecified atom stereocenters. The van der Waals surface area contributed by atoms with E-state index in [-0.39, 0.29) is 0 Å². The van der Waals surface area contributed by atoms with Crippen molar-refractivity contribution in [2.75, 3.05) is 6.61 Å². The first-order chi connectivity index (χ1) is 10.3. The van der Waals surface area contributed by atoms with Crippen molar-refractivity contribution >= 4 is 0 Å². The van der Waals surface area contributed by atoms with E-state index in [1.165, 1.54) is 11.1 Å². The largest absolute Gasteiger partial charge is 0.377 e. The van der Waals surface area contributed by atoms with E-state index in [4.69, 9.17) is 4.74 Å². The first-order valence-corrected chi connectivity index (χ1v) is 7.70. The van der Waals surface area contributed by atoms with Gasteiger partial charge in [0.25, 0.3) is 0 Å². The molecule has 0 bridgehead atoms. The van der Waals surface area contributed by atoms with Crippen LogP contribution in [-0.4, -0.2) is 16.2 Å². The van der Waals surface area contributed by atoms with Gasteiger partial charge in [-0.1, -0.05) is 31.2 Å². The summed E-state index contributed by atoms with van der Waals surface area (Å²) in [7, 11) is 0. The first kappa shape index (κ1) is 15.7. The molecule has 1 heterocycles. The van der Waals surface area contributed by atoms with Crippen LogP contribution in [0.5, 0.6) is 0 Å². The Bertz CT molecular complexity index is 536. The lowest BCUT2D eigenvalue weighted by Gasteiger charge is -2.11. The van der Waals surface area contributed by atoms with Gasteiger partial charge in [0.1, 0.15) is 5.82 Å². The average molecular weight is 287 g/mol. The molecule has 0 aliphatic carbocycles. The minimum atomic E-state index is 0.679. The van der Waals surface area contributed by atoms with Gasteiger partial charge >= 0.3 is 0 Å². The highest BCUT2D eigenvalue weighted by atomic mass is 16.5. The Morgan fingerprint density at radius 3 is 2.71 bits per heavy atom. The molecule has 0 aliphatic rings. The summed E-state index contributed by atoms with van der Waals surface area (Å²) in [5, 5.41) is 3.48. The number of benzene rings is 1. The summed E-state index contributed by atoms with van der Waals surface area (Å²) < 4.78 is 7.73. The monoisotopic (exact) mass is 287 g/mol. The van der Waals surface area contributed by atoms with Crippen molar-refractivity contribution in [1.29, 1.82) is 0 Å². The molecule has 2 aromatic rings. The first-order valence-electron chi connectivity index (χ1n) is 7.70. The molecular formula is C17H25N3O. The Morgan fingerprint density at radius 2 is 1.95 bits per heavy atom. The Hall–Kier alpha value is -1.65. The second-order valence-electron chi connectivity index (χ2n) is 5.05. The molecule has 0 aliphatic heterocycles. The van der Waals surface area contributed by atoms with Gasteiger partial charge in [-0.2, -0.15) is 0 Å². The highest BCUT2D eigenvalue weighted by Crippen LogP contribution is 2.10. The van der Waals surface area contributed by atoms with Crippen LogP contribution in [0.1, 0.15) is 37.2 Å². The van der Waals surface area contributed by atoms with Gasteiger partial charge in [0.05, 0.1) is 13.2 Å². The molecule has 0 saturated carbocycles. The lowest BCUT2D eigenvalue weighted by atomic mass is 10.1. The predicted octanol–water partition coefficient (Wildman–Crippen LogP) is 3.12. The molecular weight excluding hydrogens is 262 g/mol. The molecule has 0 fully saturated rings. The van der Waals surface area contributed by atoms with Crippen LogP contribution < -0.4 is 5.32 Å². The van der Waals surface area contributed by atoms with Crippen LogP contribution in [0.2, 0.25) is 0 Å². The maximum absolute atomic E-state index is 5.52. The maximum Gasteiger partial charge on any atom is 0.122 e. The number of aromatic nitrogens is 2. The molecule has 1 N–H and O–H groups in total. The fourth-order valence-corrected chi connectivity index (χ4v) is 2.34. The van der Waals surface area contributed by atoms with Crippen molar-refractivity contribution < 1.29 is 4.74 Å². The zero-order valence-corrected chi connectivity index (χ0v) is 13.0. The van der Waals surface area contributed by atoms with Gasteiger partial charge in [-0.25, -0.2) is 4.98 Å². The molecule has 21 heavy (non-hydrogen) atoms. The summed E-state index contributed by atoms with van der Waals surface area (Å²) in [5.74, 6) is 1.10. The van der Waals surface area contributed by atoms with Crippen LogP contribution in [0.25, 0.3) is 0 Å². The Morgan fingerprint density at radius 1 is 1.14 bits per heavy atom. The quantitative estimate of drug-likeness (QED) is 0.770. The van der Waals surface area contributed by atoms with Crippen molar-refractivity contribution in [2.24, 2.45) is 0 Å². The van der Waals surface area contributed by atoms with E-state index in [2.05, 4.69) is 46.1 Å². The third-order valence-corrected chi connectivity index (χ3v) is 3.44. The van der Waals surface area contributed by atoms with E-state index in [0.717, 1.165) is 38.5 Å². The van der Waals surface area contributed by atoms with Crippen molar-refractivity contribution in [3.63, 3.8) is 0 Å². The molecule has 0 amide bonds. The third kappa shape index (κ3) is 4.69. The number of rotatable bonds is 9. The predicted molar refractivity (Wildman–Crippen MR) is 84.8 cm³/mol. The summed E-state index contributed by atoms with van der Waals surface area (Å²) in [4.78, 5) is 4.41. The van der Waals surface area contributed by atoms with Gasteiger partial charge in [0.15, 0.2) is 0 Å². The average Bonchev–Trinajstić information content (AvgIpc) is 2.94. The van der Waals surface area contributed by atoms with Crippen molar-refractivity contribution in [3.8, 4) is 0 Å². The number of ether oxygens (including phenoxy) is 1. The third-order valence-electron chi connectivity index (χ3n) is 3.44. The zero-order valence-electron chi connectivity index (χ0n) is 13.0. The minimum Gasteiger partial charge on any atom is -0.377 e. The van der Waals surface area contributed by atoms with Crippen LogP contribution >= 0.6 is 0 Å². The van der Waals surface area contributed by atoms with Crippen LogP contribution in [0.4, 0.5) is 0 Å². The summed E-state index contributed by atoms with van der Waals surface area (Å²) in [6, 6.07) is 8.42. The molecule has 0 radical (unpaired) electrons. The molecule has 0 spiro atoms. The second-order valence-corrected chi connectivity index (χ2v) is 5.05. The number of imidazole rings is 1. The minimum absolute atomic E-state index is 0.679.